The van der Waals surface area contributed by atoms with Crippen LogP contribution in [0.2, 0.25) is 0 Å². The Balaban J connectivity index is 2.15. The van der Waals surface area contributed by atoms with Crippen molar-refractivity contribution in [2.75, 3.05) is 7.11 Å². The van der Waals surface area contributed by atoms with Gasteiger partial charge in [-0.2, -0.15) is 0 Å². The average Bonchev–Trinajstić information content (AvgIpc) is 2.60. The Morgan fingerprint density at radius 2 is 1.72 bits per heavy atom. The molecule has 1 atom stereocenters. The van der Waals surface area contributed by atoms with Crippen LogP contribution in [-0.2, 0) is 14.4 Å². The van der Waals surface area contributed by atoms with E-state index in [0.717, 1.165) is 0 Å². The summed E-state index contributed by atoms with van der Waals surface area (Å²) in [4.78, 5) is 37.7. The van der Waals surface area contributed by atoms with Crippen molar-refractivity contribution in [3.8, 4) is 5.75 Å². The predicted molar refractivity (Wildman–Crippen MR) is 91.6 cm³/mol. The number of carbonyl (C=O) groups excluding carboxylic acids is 3. The summed E-state index contributed by atoms with van der Waals surface area (Å²) in [6, 6.07) is 7.05. The maximum atomic E-state index is 12.6. The molecule has 3 rings (SSSR count). The van der Waals surface area contributed by atoms with Gasteiger partial charge >= 0.3 is 0 Å². The van der Waals surface area contributed by atoms with Gasteiger partial charge in [0.2, 0.25) is 0 Å². The lowest BCUT2D eigenvalue weighted by Gasteiger charge is -2.32. The molecule has 0 aliphatic heterocycles. The van der Waals surface area contributed by atoms with Crippen LogP contribution in [0.4, 0.5) is 0 Å². The van der Waals surface area contributed by atoms with E-state index in [1.807, 2.05) is 0 Å². The van der Waals surface area contributed by atoms with E-state index >= 15 is 0 Å². The number of benzene rings is 1. The van der Waals surface area contributed by atoms with Crippen LogP contribution in [0, 0.1) is 5.92 Å². The molecule has 1 aromatic rings. The van der Waals surface area contributed by atoms with Gasteiger partial charge in [-0.05, 0) is 30.5 Å². The van der Waals surface area contributed by atoms with Crippen LogP contribution in [0.25, 0.3) is 0 Å². The summed E-state index contributed by atoms with van der Waals surface area (Å²) in [6.07, 6.45) is 2.54. The van der Waals surface area contributed by atoms with E-state index in [0.29, 0.717) is 49.8 Å². The third-order valence-corrected chi connectivity index (χ3v) is 5.07. The van der Waals surface area contributed by atoms with Crippen LogP contribution in [0.5, 0.6) is 5.75 Å². The lowest BCUT2D eigenvalue weighted by atomic mass is 9.69. The van der Waals surface area contributed by atoms with Gasteiger partial charge in [0.1, 0.15) is 17.3 Å². The quantitative estimate of drug-likeness (QED) is 0.849. The van der Waals surface area contributed by atoms with Crippen LogP contribution >= 0.6 is 0 Å². The Hall–Kier alpha value is -2.43. The summed E-state index contributed by atoms with van der Waals surface area (Å²) in [5.41, 5.74) is 0.887. The molecular formula is C20H22O5. The van der Waals surface area contributed by atoms with Crippen molar-refractivity contribution in [1.82, 2.24) is 0 Å². The fourth-order valence-corrected chi connectivity index (χ4v) is 3.86. The van der Waals surface area contributed by atoms with E-state index < -0.39 is 11.8 Å². The number of hydrogen-bond donors (Lipinski definition) is 1. The van der Waals surface area contributed by atoms with Gasteiger partial charge in [-0.3, -0.25) is 14.4 Å². The predicted octanol–water partition coefficient (Wildman–Crippen LogP) is 3.28. The highest BCUT2D eigenvalue weighted by Gasteiger charge is 2.42. The number of ketones is 3. The van der Waals surface area contributed by atoms with E-state index in [1.54, 1.807) is 24.3 Å². The molecule has 2 aliphatic carbocycles. The summed E-state index contributed by atoms with van der Waals surface area (Å²) < 4.78 is 5.25. The fraction of sp³-hybridized carbons (Fsp3) is 0.450. The van der Waals surface area contributed by atoms with Crippen LogP contribution in [0.15, 0.2) is 35.6 Å². The topological polar surface area (TPSA) is 80.7 Å². The molecule has 1 N–H and O–H groups in total. The number of aliphatic hydroxyl groups excluding tert-OH is 1. The van der Waals surface area contributed by atoms with E-state index in [1.165, 1.54) is 7.11 Å². The minimum atomic E-state index is -0.903. The van der Waals surface area contributed by atoms with Crippen molar-refractivity contribution in [1.29, 1.82) is 0 Å². The second kappa shape index (κ2) is 7.21. The molecule has 0 amide bonds. The zero-order valence-electron chi connectivity index (χ0n) is 14.3. The van der Waals surface area contributed by atoms with Crippen LogP contribution in [-0.4, -0.2) is 29.6 Å². The Morgan fingerprint density at radius 3 is 2.36 bits per heavy atom. The first kappa shape index (κ1) is 17.4. The number of ether oxygens (including phenoxy) is 1. The van der Waals surface area contributed by atoms with Gasteiger partial charge in [0.15, 0.2) is 5.78 Å². The van der Waals surface area contributed by atoms with Crippen molar-refractivity contribution in [3.05, 3.63) is 41.2 Å². The number of allylic oxidation sites excluding steroid dienone is 2. The summed E-state index contributed by atoms with van der Waals surface area (Å²) >= 11 is 0. The number of Topliss-reactive ketones (excluding diaryl/α,β-unsaturated/α-hetero) is 3. The molecule has 1 aromatic carbocycles. The van der Waals surface area contributed by atoms with Gasteiger partial charge in [0.25, 0.3) is 0 Å². The van der Waals surface area contributed by atoms with Gasteiger partial charge in [0.05, 0.1) is 18.8 Å². The molecular weight excluding hydrogens is 320 g/mol. The van der Waals surface area contributed by atoms with E-state index in [9.17, 15) is 19.5 Å². The molecule has 1 fully saturated rings. The van der Waals surface area contributed by atoms with Crippen molar-refractivity contribution in [2.24, 2.45) is 5.92 Å². The highest BCUT2D eigenvalue weighted by molar-refractivity contribution is 6.08. The molecule has 5 heteroatoms. The first-order valence-electron chi connectivity index (χ1n) is 8.67. The molecule has 132 valence electrons. The average molecular weight is 342 g/mol. The minimum Gasteiger partial charge on any atom is -0.512 e. The second-order valence-electron chi connectivity index (χ2n) is 6.66. The first-order valence-corrected chi connectivity index (χ1v) is 8.67. The Labute approximate surface area is 146 Å². The van der Waals surface area contributed by atoms with Crippen molar-refractivity contribution in [2.45, 2.75) is 44.4 Å². The molecule has 5 nitrogen and oxygen atoms in total. The Bertz CT molecular complexity index is 730. The van der Waals surface area contributed by atoms with Crippen molar-refractivity contribution in [3.63, 3.8) is 0 Å². The lowest BCUT2D eigenvalue weighted by Crippen LogP contribution is -2.37. The zero-order chi connectivity index (χ0) is 18.0. The maximum Gasteiger partial charge on any atom is 0.162 e. The molecule has 0 spiro atoms. The fourth-order valence-electron chi connectivity index (χ4n) is 3.86. The third kappa shape index (κ3) is 3.36. The smallest absolute Gasteiger partial charge is 0.162 e. The van der Waals surface area contributed by atoms with E-state index in [4.69, 9.17) is 4.74 Å². The van der Waals surface area contributed by atoms with Gasteiger partial charge < -0.3 is 9.84 Å². The molecule has 0 heterocycles. The standard InChI is InChI=1S/C20H22O5/c1-25-13-6-2-5-12(11-13)18(19-14(21)7-3-8-15(19)22)20-16(23)9-4-10-17(20)24/h2,5-6,11,18-19,23H,3-4,7-10H2,1H3. The molecule has 0 bridgehead atoms. The number of carbonyl (C=O) groups is 3. The lowest BCUT2D eigenvalue weighted by molar-refractivity contribution is -0.136. The molecule has 2 aliphatic rings. The third-order valence-electron chi connectivity index (χ3n) is 5.07. The summed E-state index contributed by atoms with van der Waals surface area (Å²) in [6.45, 7) is 0. The first-order chi connectivity index (χ1) is 12.0. The second-order valence-corrected chi connectivity index (χ2v) is 6.66. The van der Waals surface area contributed by atoms with E-state index in [2.05, 4.69) is 0 Å². The number of hydrogen-bond acceptors (Lipinski definition) is 5. The zero-order valence-corrected chi connectivity index (χ0v) is 14.3. The van der Waals surface area contributed by atoms with Gasteiger partial charge in [-0.15, -0.1) is 0 Å². The SMILES string of the molecule is COc1cccc(C(C2=C(O)CCCC2=O)C2C(=O)CCCC2=O)c1. The maximum absolute atomic E-state index is 12.6. The highest BCUT2D eigenvalue weighted by Crippen LogP contribution is 2.42. The molecule has 0 saturated heterocycles. The van der Waals surface area contributed by atoms with Crippen LogP contribution in [0.3, 0.4) is 0 Å². The molecule has 1 unspecified atom stereocenters. The largest absolute Gasteiger partial charge is 0.512 e. The van der Waals surface area contributed by atoms with E-state index in [-0.39, 0.29) is 28.7 Å². The summed E-state index contributed by atoms with van der Waals surface area (Å²) in [7, 11) is 1.54. The monoisotopic (exact) mass is 342 g/mol. The van der Waals surface area contributed by atoms with Gasteiger partial charge in [-0.25, -0.2) is 0 Å². The molecule has 25 heavy (non-hydrogen) atoms. The number of aliphatic hydroxyl groups is 1. The van der Waals surface area contributed by atoms with Crippen molar-refractivity contribution < 1.29 is 24.2 Å². The normalized spacial score (nSPS) is 20.8. The summed E-state index contributed by atoms with van der Waals surface area (Å²) in [5.74, 6) is -1.52. The molecule has 0 radical (unpaired) electrons. The summed E-state index contributed by atoms with van der Waals surface area (Å²) in [5, 5.41) is 10.4. The highest BCUT2D eigenvalue weighted by atomic mass is 16.5. The molecule has 0 aromatic heterocycles. The van der Waals surface area contributed by atoms with Crippen LogP contribution in [0.1, 0.15) is 50.0 Å². The van der Waals surface area contributed by atoms with Crippen LogP contribution < -0.4 is 4.74 Å². The Kier molecular flexibility index (Phi) is 5.02. The van der Waals surface area contributed by atoms with Gasteiger partial charge in [-0.1, -0.05) is 12.1 Å². The number of rotatable bonds is 4. The minimum absolute atomic E-state index is 0.00948. The van der Waals surface area contributed by atoms with Crippen molar-refractivity contribution >= 4 is 17.3 Å². The van der Waals surface area contributed by atoms with Gasteiger partial charge in [0, 0.05) is 37.2 Å². The molecule has 1 saturated carbocycles. The number of methoxy groups -OCH3 is 1. The Morgan fingerprint density at radius 1 is 1.04 bits per heavy atom.